The lowest BCUT2D eigenvalue weighted by atomic mass is 10.2. The Morgan fingerprint density at radius 2 is 2.00 bits per heavy atom. The average molecular weight is 444 g/mol. The monoisotopic (exact) mass is 443 g/mol. The highest BCUT2D eigenvalue weighted by molar-refractivity contribution is 7.14. The lowest BCUT2D eigenvalue weighted by molar-refractivity contribution is -0.116. The van der Waals surface area contributed by atoms with Gasteiger partial charge >= 0.3 is 5.97 Å². The average Bonchev–Trinajstić information content (AvgIpc) is 3.34. The Morgan fingerprint density at radius 3 is 2.74 bits per heavy atom. The van der Waals surface area contributed by atoms with Crippen LogP contribution >= 0.6 is 11.3 Å². The van der Waals surface area contributed by atoms with Crippen molar-refractivity contribution in [1.82, 2.24) is 14.9 Å². The maximum Gasteiger partial charge on any atom is 0.354 e. The van der Waals surface area contributed by atoms with Crippen molar-refractivity contribution in [3.63, 3.8) is 0 Å². The highest BCUT2D eigenvalue weighted by Gasteiger charge is 2.14. The number of nitrogens with zero attached hydrogens (tertiary/aromatic N) is 2. The molecule has 2 amide bonds. The fourth-order valence-corrected chi connectivity index (χ4v) is 3.60. The molecule has 9 nitrogen and oxygen atoms in total. The van der Waals surface area contributed by atoms with Crippen LogP contribution in [0.5, 0.6) is 0 Å². The number of benzene rings is 1. The summed E-state index contributed by atoms with van der Waals surface area (Å²) in [5, 5.41) is 8.26. The second-order valence-electron chi connectivity index (χ2n) is 7.15. The lowest BCUT2D eigenvalue weighted by Gasteiger charge is -2.08. The Balaban J connectivity index is 1.60. The predicted molar refractivity (Wildman–Crippen MR) is 121 cm³/mol. The van der Waals surface area contributed by atoms with Crippen LogP contribution in [0.4, 0.5) is 10.8 Å². The second kappa shape index (κ2) is 10.2. The van der Waals surface area contributed by atoms with Gasteiger partial charge in [-0.3, -0.25) is 9.59 Å². The van der Waals surface area contributed by atoms with Gasteiger partial charge in [0.15, 0.2) is 5.13 Å². The molecule has 3 aromatic rings. The van der Waals surface area contributed by atoms with E-state index in [2.05, 4.69) is 20.6 Å². The summed E-state index contributed by atoms with van der Waals surface area (Å²) >= 11 is 1.20. The predicted octanol–water partition coefficient (Wildman–Crippen LogP) is 3.33. The van der Waals surface area contributed by atoms with Crippen LogP contribution in [0.3, 0.4) is 0 Å². The third-order valence-electron chi connectivity index (χ3n) is 4.37. The lowest BCUT2D eigenvalue weighted by Crippen LogP contribution is -2.17. The standard InChI is InChI=1S/C21H25N5O4S/c1-4-30-20(29)16-11-13-10-14(7-8-15(13)23-16)22-19(28)17-12-31-21(24-17)25-18(27)6-5-9-26(2)3/h7-8,10-12,23H,4-6,9H2,1-3H3,(H,22,28)(H,24,25,27). The van der Waals surface area contributed by atoms with Gasteiger partial charge in [0.25, 0.3) is 5.91 Å². The van der Waals surface area contributed by atoms with E-state index in [4.69, 9.17) is 4.74 Å². The molecule has 0 radical (unpaired) electrons. The van der Waals surface area contributed by atoms with Gasteiger partial charge in [-0.05, 0) is 58.3 Å². The molecule has 0 unspecified atom stereocenters. The van der Waals surface area contributed by atoms with Crippen molar-refractivity contribution in [3.8, 4) is 0 Å². The van der Waals surface area contributed by atoms with E-state index in [9.17, 15) is 14.4 Å². The number of carbonyl (C=O) groups is 3. The summed E-state index contributed by atoms with van der Waals surface area (Å²) in [7, 11) is 3.91. The van der Waals surface area contributed by atoms with Crippen LogP contribution in [-0.2, 0) is 9.53 Å². The highest BCUT2D eigenvalue weighted by atomic mass is 32.1. The summed E-state index contributed by atoms with van der Waals surface area (Å²) in [4.78, 5) is 45.6. The van der Waals surface area contributed by atoms with Gasteiger partial charge in [-0.15, -0.1) is 11.3 Å². The van der Waals surface area contributed by atoms with Crippen LogP contribution in [0, 0.1) is 0 Å². The molecule has 1 aromatic carbocycles. The number of aromatic amines is 1. The fourth-order valence-electron chi connectivity index (χ4n) is 2.90. The van der Waals surface area contributed by atoms with Crippen molar-refractivity contribution in [2.75, 3.05) is 37.9 Å². The maximum atomic E-state index is 12.5. The minimum atomic E-state index is -0.428. The molecule has 0 aliphatic heterocycles. The maximum absolute atomic E-state index is 12.5. The number of hydrogen-bond acceptors (Lipinski definition) is 7. The molecule has 0 spiro atoms. The summed E-state index contributed by atoms with van der Waals surface area (Å²) in [6.07, 6.45) is 1.14. The largest absolute Gasteiger partial charge is 0.461 e. The Morgan fingerprint density at radius 1 is 1.19 bits per heavy atom. The first-order valence-corrected chi connectivity index (χ1v) is 10.7. The molecule has 10 heteroatoms. The smallest absolute Gasteiger partial charge is 0.354 e. The number of hydrogen-bond donors (Lipinski definition) is 3. The van der Waals surface area contributed by atoms with Crippen molar-refractivity contribution in [2.24, 2.45) is 0 Å². The zero-order valence-electron chi connectivity index (χ0n) is 17.7. The van der Waals surface area contributed by atoms with Gasteiger partial charge in [-0.2, -0.15) is 0 Å². The van der Waals surface area contributed by atoms with Gasteiger partial charge in [0.05, 0.1) is 6.61 Å². The minimum Gasteiger partial charge on any atom is -0.461 e. The molecule has 0 fully saturated rings. The summed E-state index contributed by atoms with van der Waals surface area (Å²) in [5.74, 6) is -0.939. The van der Waals surface area contributed by atoms with E-state index >= 15 is 0 Å². The van der Waals surface area contributed by atoms with E-state index in [-0.39, 0.29) is 17.5 Å². The van der Waals surface area contributed by atoms with Crippen LogP contribution < -0.4 is 10.6 Å². The van der Waals surface area contributed by atoms with Gasteiger partial charge in [0, 0.05) is 28.4 Å². The SMILES string of the molecule is CCOC(=O)c1cc2cc(NC(=O)c3csc(NC(=O)CCCN(C)C)n3)ccc2[nH]1. The van der Waals surface area contributed by atoms with Crippen molar-refractivity contribution >= 4 is 50.8 Å². The molecule has 0 saturated heterocycles. The number of fused-ring (bicyclic) bond motifs is 1. The van der Waals surface area contributed by atoms with Crippen LogP contribution in [0.25, 0.3) is 10.9 Å². The number of esters is 1. The van der Waals surface area contributed by atoms with Gasteiger partial charge in [-0.25, -0.2) is 9.78 Å². The quantitative estimate of drug-likeness (QED) is 0.437. The molecule has 2 aromatic heterocycles. The zero-order valence-corrected chi connectivity index (χ0v) is 18.5. The normalized spacial score (nSPS) is 11.0. The zero-order chi connectivity index (χ0) is 22.4. The summed E-state index contributed by atoms with van der Waals surface area (Å²) in [6.45, 7) is 2.86. The van der Waals surface area contributed by atoms with Crippen LogP contribution in [0.15, 0.2) is 29.6 Å². The van der Waals surface area contributed by atoms with Crippen molar-refractivity contribution < 1.29 is 19.1 Å². The third-order valence-corrected chi connectivity index (χ3v) is 5.12. The third kappa shape index (κ3) is 6.12. The minimum absolute atomic E-state index is 0.126. The fraction of sp³-hybridized carbons (Fsp3) is 0.333. The summed E-state index contributed by atoms with van der Waals surface area (Å²) in [6, 6.07) is 6.93. The molecule has 164 valence electrons. The van der Waals surface area contributed by atoms with Gasteiger partial charge in [0.1, 0.15) is 11.4 Å². The molecule has 0 aliphatic rings. The highest BCUT2D eigenvalue weighted by Crippen LogP contribution is 2.22. The number of rotatable bonds is 9. The molecule has 0 atom stereocenters. The molecule has 3 N–H and O–H groups in total. The molecule has 0 saturated carbocycles. The van der Waals surface area contributed by atoms with Crippen LogP contribution in [0.1, 0.15) is 40.7 Å². The van der Waals surface area contributed by atoms with E-state index in [1.165, 1.54) is 11.3 Å². The number of thiazole rings is 1. The van der Waals surface area contributed by atoms with Gasteiger partial charge < -0.3 is 25.3 Å². The van der Waals surface area contributed by atoms with E-state index in [0.29, 0.717) is 29.5 Å². The first kappa shape index (κ1) is 22.4. The number of aromatic nitrogens is 2. The summed E-state index contributed by atoms with van der Waals surface area (Å²) < 4.78 is 4.99. The van der Waals surface area contributed by atoms with Gasteiger partial charge in [0.2, 0.25) is 5.91 Å². The first-order valence-electron chi connectivity index (χ1n) is 9.87. The van der Waals surface area contributed by atoms with E-state index < -0.39 is 5.97 Å². The molecule has 0 bridgehead atoms. The number of H-pyrrole nitrogens is 1. The number of carbonyl (C=O) groups excluding carboxylic acids is 3. The molecular weight excluding hydrogens is 418 g/mol. The van der Waals surface area contributed by atoms with E-state index in [1.54, 1.807) is 36.6 Å². The topological polar surface area (TPSA) is 116 Å². The van der Waals surface area contributed by atoms with Crippen molar-refractivity contribution in [3.05, 3.63) is 41.0 Å². The van der Waals surface area contributed by atoms with Crippen molar-refractivity contribution in [2.45, 2.75) is 19.8 Å². The van der Waals surface area contributed by atoms with Crippen molar-refractivity contribution in [1.29, 1.82) is 0 Å². The molecule has 3 rings (SSSR count). The van der Waals surface area contributed by atoms with E-state index in [0.717, 1.165) is 23.9 Å². The van der Waals surface area contributed by atoms with Crippen LogP contribution in [-0.4, -0.2) is 59.9 Å². The number of ether oxygens (including phenoxy) is 1. The molecule has 31 heavy (non-hydrogen) atoms. The molecule has 0 aliphatic carbocycles. The van der Waals surface area contributed by atoms with Gasteiger partial charge in [-0.1, -0.05) is 0 Å². The van der Waals surface area contributed by atoms with Crippen LogP contribution in [0.2, 0.25) is 0 Å². The molecular formula is C21H25N5O4S. The second-order valence-corrected chi connectivity index (χ2v) is 8.01. The Bertz CT molecular complexity index is 1090. The number of anilines is 2. The molecule has 2 heterocycles. The number of amides is 2. The number of nitrogens with one attached hydrogen (secondary N) is 3. The Kier molecular flexibility index (Phi) is 7.37. The van der Waals surface area contributed by atoms with E-state index in [1.807, 2.05) is 19.0 Å². The Labute approximate surface area is 183 Å². The Hall–Kier alpha value is -3.24. The first-order chi connectivity index (χ1) is 14.9. The summed E-state index contributed by atoms with van der Waals surface area (Å²) in [5.41, 5.74) is 1.89.